The molecular weight excluding hydrogens is 372 g/mol. The van der Waals surface area contributed by atoms with Crippen molar-refractivity contribution in [2.75, 3.05) is 40.3 Å². The number of hydrogen-bond donors (Lipinski definition) is 0. The average molecular weight is 409 g/mol. The molecule has 8 heteroatoms. The van der Waals surface area contributed by atoms with E-state index in [-0.39, 0.29) is 36.0 Å². The number of fused-ring (bicyclic) bond motifs is 2. The van der Waals surface area contributed by atoms with Crippen LogP contribution in [0.4, 0.5) is 9.59 Å². The van der Waals surface area contributed by atoms with Gasteiger partial charge in [-0.05, 0) is 52.9 Å². The maximum atomic E-state index is 13.2. The van der Waals surface area contributed by atoms with Crippen LogP contribution in [0, 0.1) is 5.92 Å². The first kappa shape index (κ1) is 21.7. The van der Waals surface area contributed by atoms with Gasteiger partial charge in [-0.2, -0.15) is 0 Å². The maximum absolute atomic E-state index is 13.2. The minimum atomic E-state index is -0.518. The number of amides is 4. The topological polar surface area (TPSA) is 73.4 Å². The zero-order valence-corrected chi connectivity index (χ0v) is 18.5. The van der Waals surface area contributed by atoms with Gasteiger partial charge in [0.15, 0.2) is 0 Å². The third kappa shape index (κ3) is 4.95. The smallest absolute Gasteiger partial charge is 0.410 e. The fourth-order valence-corrected chi connectivity index (χ4v) is 4.75. The van der Waals surface area contributed by atoms with Gasteiger partial charge in [0.1, 0.15) is 5.60 Å². The van der Waals surface area contributed by atoms with E-state index in [1.807, 2.05) is 35.5 Å². The molecule has 2 atom stereocenters. The van der Waals surface area contributed by atoms with E-state index in [1.54, 1.807) is 19.0 Å². The lowest BCUT2D eigenvalue weighted by atomic mass is 9.94. The molecule has 0 N–H and O–H groups in total. The Morgan fingerprint density at radius 3 is 2.03 bits per heavy atom. The molecule has 0 radical (unpaired) electrons. The summed E-state index contributed by atoms with van der Waals surface area (Å²) in [5.74, 6) is 0.145. The summed E-state index contributed by atoms with van der Waals surface area (Å²) < 4.78 is 5.62. The lowest BCUT2D eigenvalue weighted by Gasteiger charge is -2.36. The zero-order valence-electron chi connectivity index (χ0n) is 18.5. The standard InChI is InChI=1S/C21H36N4O4/c1-21(2,3)29-20(28)25-16-6-7-17(25)14-24(13-10-16)18(26)15-8-11-23(12-9-15)19(27)22(4)5/h15-17H,6-14H2,1-5H3. The van der Waals surface area contributed by atoms with Crippen molar-refractivity contribution >= 4 is 18.0 Å². The van der Waals surface area contributed by atoms with E-state index in [4.69, 9.17) is 4.74 Å². The number of piperidine rings is 1. The molecule has 8 nitrogen and oxygen atoms in total. The van der Waals surface area contributed by atoms with Gasteiger partial charge >= 0.3 is 12.1 Å². The van der Waals surface area contributed by atoms with Gasteiger partial charge in [0, 0.05) is 52.2 Å². The average Bonchev–Trinajstić information content (AvgIpc) is 2.93. The molecule has 3 aliphatic rings. The Morgan fingerprint density at radius 1 is 0.862 bits per heavy atom. The summed E-state index contributed by atoms with van der Waals surface area (Å²) in [6.45, 7) is 8.17. The van der Waals surface area contributed by atoms with Crippen molar-refractivity contribution in [3.63, 3.8) is 0 Å². The van der Waals surface area contributed by atoms with Crippen LogP contribution in [0.2, 0.25) is 0 Å². The highest BCUT2D eigenvalue weighted by atomic mass is 16.6. The SMILES string of the molecule is CN(C)C(=O)N1CCC(C(=O)N2CCC3CCC(C2)N3C(=O)OC(C)(C)C)CC1. The van der Waals surface area contributed by atoms with Gasteiger partial charge in [-0.25, -0.2) is 9.59 Å². The van der Waals surface area contributed by atoms with Crippen LogP contribution in [-0.4, -0.2) is 95.6 Å². The lowest BCUT2D eigenvalue weighted by molar-refractivity contribution is -0.137. The van der Waals surface area contributed by atoms with Crippen LogP contribution in [0.5, 0.6) is 0 Å². The predicted octanol–water partition coefficient (Wildman–Crippen LogP) is 2.38. The highest BCUT2D eigenvalue weighted by molar-refractivity contribution is 5.80. The molecule has 0 spiro atoms. The quantitative estimate of drug-likeness (QED) is 0.668. The van der Waals surface area contributed by atoms with E-state index in [0.29, 0.717) is 39.0 Å². The number of urea groups is 1. The first-order valence-corrected chi connectivity index (χ1v) is 10.8. The van der Waals surface area contributed by atoms with E-state index in [0.717, 1.165) is 19.3 Å². The summed E-state index contributed by atoms with van der Waals surface area (Å²) in [4.78, 5) is 45.2. The molecular formula is C21H36N4O4. The van der Waals surface area contributed by atoms with Crippen LogP contribution in [0.25, 0.3) is 0 Å². The van der Waals surface area contributed by atoms with Crippen LogP contribution in [0.15, 0.2) is 0 Å². The Hall–Kier alpha value is -1.99. The monoisotopic (exact) mass is 408 g/mol. The van der Waals surface area contributed by atoms with Gasteiger partial charge in [-0.1, -0.05) is 0 Å². The van der Waals surface area contributed by atoms with Crippen molar-refractivity contribution in [3.8, 4) is 0 Å². The van der Waals surface area contributed by atoms with Crippen LogP contribution in [-0.2, 0) is 9.53 Å². The minimum Gasteiger partial charge on any atom is -0.444 e. The Bertz CT molecular complexity index is 637. The van der Waals surface area contributed by atoms with Crippen molar-refractivity contribution < 1.29 is 19.1 Å². The zero-order chi connectivity index (χ0) is 21.3. The minimum absolute atomic E-state index is 0.0102. The normalized spacial score (nSPS) is 25.6. The number of nitrogens with zero attached hydrogens (tertiary/aromatic N) is 4. The Kier molecular flexibility index (Phi) is 6.29. The number of ether oxygens (including phenoxy) is 1. The molecule has 29 heavy (non-hydrogen) atoms. The van der Waals surface area contributed by atoms with Gasteiger partial charge < -0.3 is 24.3 Å². The predicted molar refractivity (Wildman–Crippen MR) is 109 cm³/mol. The molecule has 2 unspecified atom stereocenters. The molecule has 3 aliphatic heterocycles. The number of likely N-dealkylation sites (tertiary alicyclic amines) is 2. The van der Waals surface area contributed by atoms with E-state index in [9.17, 15) is 14.4 Å². The summed E-state index contributed by atoms with van der Waals surface area (Å²) in [5.41, 5.74) is -0.518. The molecule has 2 bridgehead atoms. The highest BCUT2D eigenvalue weighted by Crippen LogP contribution is 2.33. The number of carbonyl (C=O) groups is 3. The molecule has 0 saturated carbocycles. The van der Waals surface area contributed by atoms with Crippen LogP contribution in [0.3, 0.4) is 0 Å². The largest absolute Gasteiger partial charge is 0.444 e. The first-order valence-electron chi connectivity index (χ1n) is 10.8. The van der Waals surface area contributed by atoms with Gasteiger partial charge in [0.2, 0.25) is 5.91 Å². The summed E-state index contributed by atoms with van der Waals surface area (Å²) in [7, 11) is 3.50. The molecule has 0 aliphatic carbocycles. The maximum Gasteiger partial charge on any atom is 0.410 e. The van der Waals surface area contributed by atoms with Crippen molar-refractivity contribution in [1.29, 1.82) is 0 Å². The molecule has 3 heterocycles. The van der Waals surface area contributed by atoms with Crippen molar-refractivity contribution in [3.05, 3.63) is 0 Å². The third-order valence-electron chi connectivity index (χ3n) is 6.20. The van der Waals surface area contributed by atoms with E-state index in [2.05, 4.69) is 0 Å². The van der Waals surface area contributed by atoms with Crippen LogP contribution < -0.4 is 0 Å². The fourth-order valence-electron chi connectivity index (χ4n) is 4.75. The first-order chi connectivity index (χ1) is 13.6. The second-order valence-electron chi connectivity index (χ2n) is 9.78. The van der Waals surface area contributed by atoms with Crippen LogP contribution >= 0.6 is 0 Å². The van der Waals surface area contributed by atoms with Crippen molar-refractivity contribution in [2.45, 2.75) is 70.6 Å². The molecule has 3 fully saturated rings. The number of carbonyl (C=O) groups excluding carboxylic acids is 3. The molecule has 4 amide bonds. The fraction of sp³-hybridized carbons (Fsp3) is 0.857. The van der Waals surface area contributed by atoms with Gasteiger partial charge in [-0.15, -0.1) is 0 Å². The summed E-state index contributed by atoms with van der Waals surface area (Å²) in [5, 5.41) is 0. The molecule has 3 saturated heterocycles. The highest BCUT2D eigenvalue weighted by Gasteiger charge is 2.43. The van der Waals surface area contributed by atoms with Gasteiger partial charge in [0.25, 0.3) is 0 Å². The molecule has 0 aromatic heterocycles. The van der Waals surface area contributed by atoms with Gasteiger partial charge in [-0.3, -0.25) is 4.79 Å². The number of rotatable bonds is 1. The van der Waals surface area contributed by atoms with E-state index < -0.39 is 5.60 Å². The second kappa shape index (κ2) is 8.40. The third-order valence-corrected chi connectivity index (χ3v) is 6.20. The summed E-state index contributed by atoms with van der Waals surface area (Å²) in [6.07, 6.45) is 3.87. The van der Waals surface area contributed by atoms with Crippen molar-refractivity contribution in [2.24, 2.45) is 5.92 Å². The van der Waals surface area contributed by atoms with Crippen molar-refractivity contribution in [1.82, 2.24) is 19.6 Å². The van der Waals surface area contributed by atoms with Crippen LogP contribution in [0.1, 0.15) is 52.9 Å². The number of hydrogen-bond acceptors (Lipinski definition) is 4. The molecule has 0 aromatic rings. The van der Waals surface area contributed by atoms with E-state index in [1.165, 1.54) is 0 Å². The molecule has 3 rings (SSSR count). The lowest BCUT2D eigenvalue weighted by Crippen LogP contribution is -2.49. The Labute approximate surface area is 174 Å². The van der Waals surface area contributed by atoms with E-state index >= 15 is 0 Å². The summed E-state index contributed by atoms with van der Waals surface area (Å²) >= 11 is 0. The molecule has 0 aromatic carbocycles. The summed E-state index contributed by atoms with van der Waals surface area (Å²) in [6, 6.07) is 0.208. The Morgan fingerprint density at radius 2 is 1.45 bits per heavy atom. The second-order valence-corrected chi connectivity index (χ2v) is 9.78. The van der Waals surface area contributed by atoms with Gasteiger partial charge in [0.05, 0.1) is 6.04 Å². The Balaban J connectivity index is 1.59. The molecule has 164 valence electrons.